The lowest BCUT2D eigenvalue weighted by atomic mass is 9.79. The Balaban J connectivity index is 1.45. The third kappa shape index (κ3) is 8.15. The van der Waals surface area contributed by atoms with E-state index in [4.69, 9.17) is 15.2 Å². The Hall–Kier alpha value is -3.86. The minimum Gasteiger partial charge on any atom is -0.449 e. The van der Waals surface area contributed by atoms with Crippen LogP contribution in [0.4, 0.5) is 15.3 Å². The molecule has 9 nitrogen and oxygen atoms in total. The number of aryl methyl sites for hydroxylation is 1. The number of amides is 2. The van der Waals surface area contributed by atoms with E-state index in [1.807, 2.05) is 37.3 Å². The first-order chi connectivity index (χ1) is 16.8. The van der Waals surface area contributed by atoms with Gasteiger partial charge in [-0.2, -0.15) is 0 Å². The molecule has 3 aromatic rings. The highest BCUT2D eigenvalue weighted by atomic mass is 16.6. The van der Waals surface area contributed by atoms with E-state index in [0.717, 1.165) is 16.7 Å². The fourth-order valence-corrected chi connectivity index (χ4v) is 3.35. The summed E-state index contributed by atoms with van der Waals surface area (Å²) in [6.45, 7) is 2.11. The van der Waals surface area contributed by atoms with Crippen LogP contribution in [-0.4, -0.2) is 36.0 Å². The summed E-state index contributed by atoms with van der Waals surface area (Å²) in [6.07, 6.45) is -1.65. The van der Waals surface area contributed by atoms with E-state index in [9.17, 15) is 19.6 Å². The predicted octanol–water partition coefficient (Wildman–Crippen LogP) is 2.35. The molecule has 1 atom stereocenters. The van der Waals surface area contributed by atoms with Crippen LogP contribution < -0.4 is 21.8 Å². The molecule has 0 saturated heterocycles. The molecule has 182 valence electrons. The van der Waals surface area contributed by atoms with E-state index < -0.39 is 25.5 Å². The summed E-state index contributed by atoms with van der Waals surface area (Å²) in [4.78, 5) is 24.2. The minimum absolute atomic E-state index is 0.125. The lowest BCUT2D eigenvalue weighted by Gasteiger charge is -2.16. The molecule has 0 spiro atoms. The first-order valence-electron chi connectivity index (χ1n) is 11.0. The topological polar surface area (TPSA) is 143 Å². The molecule has 0 aliphatic rings. The van der Waals surface area contributed by atoms with Gasteiger partial charge >= 0.3 is 19.3 Å². The lowest BCUT2D eigenvalue weighted by molar-refractivity contribution is 0.136. The van der Waals surface area contributed by atoms with Crippen molar-refractivity contribution in [3.8, 4) is 0 Å². The van der Waals surface area contributed by atoms with Gasteiger partial charge in [0.1, 0.15) is 12.8 Å². The number of ether oxygens (including phenoxy) is 2. The minimum atomic E-state index is -1.52. The fourth-order valence-electron chi connectivity index (χ4n) is 3.35. The van der Waals surface area contributed by atoms with E-state index in [1.54, 1.807) is 42.5 Å². The van der Waals surface area contributed by atoms with Crippen molar-refractivity contribution in [3.05, 3.63) is 95.1 Å². The molecule has 10 heteroatoms. The number of carbonyl (C=O) groups is 2. The van der Waals surface area contributed by atoms with E-state index in [-0.39, 0.29) is 13.2 Å². The summed E-state index contributed by atoms with van der Waals surface area (Å²) in [6, 6.07) is 21.1. The summed E-state index contributed by atoms with van der Waals surface area (Å²) < 4.78 is 10.4. The average molecular weight is 477 g/mol. The number of nitrogens with two attached hydrogens (primary N) is 1. The summed E-state index contributed by atoms with van der Waals surface area (Å²) >= 11 is 0. The van der Waals surface area contributed by atoms with Crippen molar-refractivity contribution in [1.82, 2.24) is 5.32 Å². The second kappa shape index (κ2) is 12.6. The number of carbonyl (C=O) groups excluding carboxylic acids is 2. The van der Waals surface area contributed by atoms with Crippen molar-refractivity contribution in [3.63, 3.8) is 0 Å². The van der Waals surface area contributed by atoms with Gasteiger partial charge in [-0.05, 0) is 46.8 Å². The molecule has 2 amide bonds. The summed E-state index contributed by atoms with van der Waals surface area (Å²) in [7, 11) is -1.52. The highest BCUT2D eigenvalue weighted by Crippen LogP contribution is 2.15. The van der Waals surface area contributed by atoms with Crippen molar-refractivity contribution in [1.29, 1.82) is 0 Å². The van der Waals surface area contributed by atoms with Gasteiger partial charge in [0.05, 0.1) is 6.61 Å². The number of hydrogen-bond acceptors (Lipinski definition) is 7. The lowest BCUT2D eigenvalue weighted by Crippen LogP contribution is -2.34. The van der Waals surface area contributed by atoms with E-state index >= 15 is 0 Å². The second-order valence-corrected chi connectivity index (χ2v) is 7.88. The molecule has 0 bridgehead atoms. The number of benzene rings is 3. The molecule has 0 fully saturated rings. The van der Waals surface area contributed by atoms with E-state index in [0.29, 0.717) is 23.1 Å². The molecule has 0 aromatic heterocycles. The Morgan fingerprint density at radius 1 is 0.971 bits per heavy atom. The van der Waals surface area contributed by atoms with Crippen molar-refractivity contribution < 1.29 is 29.1 Å². The van der Waals surface area contributed by atoms with Crippen LogP contribution in [0.3, 0.4) is 0 Å². The molecule has 0 radical (unpaired) electrons. The SMILES string of the molecule is Cc1cc(B(O)O)ccc1CCOC(=O)Nc1cccc([C@@H](N)NC(=O)OCc2ccccc2)c1. The first-order valence-corrected chi connectivity index (χ1v) is 11.0. The Labute approximate surface area is 204 Å². The van der Waals surface area contributed by atoms with Crippen LogP contribution >= 0.6 is 0 Å². The van der Waals surface area contributed by atoms with Gasteiger partial charge < -0.3 is 30.6 Å². The molecule has 0 heterocycles. The zero-order valence-corrected chi connectivity index (χ0v) is 19.3. The van der Waals surface area contributed by atoms with E-state index in [1.165, 1.54) is 0 Å². The standard InChI is InChI=1S/C25H28BN3O6/c1-17-14-21(26(32)33)11-10-19(17)12-13-34-24(30)28-22-9-5-8-20(15-22)23(27)29-25(31)35-16-18-6-3-2-4-7-18/h2-11,14-15,23,32-33H,12-13,16,27H2,1H3,(H,28,30)(H,29,31)/t23-/m0/s1. The Morgan fingerprint density at radius 2 is 1.74 bits per heavy atom. The van der Waals surface area contributed by atoms with Crippen LogP contribution in [0.25, 0.3) is 0 Å². The number of anilines is 1. The van der Waals surface area contributed by atoms with Gasteiger partial charge in [0.2, 0.25) is 0 Å². The van der Waals surface area contributed by atoms with Crippen molar-refractivity contribution >= 4 is 30.5 Å². The zero-order chi connectivity index (χ0) is 25.2. The van der Waals surface area contributed by atoms with Crippen LogP contribution in [0.1, 0.15) is 28.4 Å². The second-order valence-electron chi connectivity index (χ2n) is 7.88. The van der Waals surface area contributed by atoms with Crippen molar-refractivity contribution in [2.45, 2.75) is 26.1 Å². The molecule has 3 rings (SSSR count). The van der Waals surface area contributed by atoms with Gasteiger partial charge in [-0.3, -0.25) is 5.32 Å². The van der Waals surface area contributed by atoms with Crippen LogP contribution in [0.15, 0.2) is 72.8 Å². The Kier molecular flexibility index (Phi) is 9.25. The monoisotopic (exact) mass is 477 g/mol. The van der Waals surface area contributed by atoms with Gasteiger partial charge in [-0.1, -0.05) is 60.7 Å². The van der Waals surface area contributed by atoms with Crippen LogP contribution in [0, 0.1) is 6.92 Å². The van der Waals surface area contributed by atoms with Gasteiger partial charge in [0, 0.05) is 12.1 Å². The molecular formula is C25H28BN3O6. The number of rotatable bonds is 9. The van der Waals surface area contributed by atoms with Crippen molar-refractivity contribution in [2.75, 3.05) is 11.9 Å². The average Bonchev–Trinajstić information content (AvgIpc) is 2.84. The maximum absolute atomic E-state index is 12.2. The van der Waals surface area contributed by atoms with E-state index in [2.05, 4.69) is 10.6 Å². The molecule has 0 saturated carbocycles. The predicted molar refractivity (Wildman–Crippen MR) is 133 cm³/mol. The third-order valence-corrected chi connectivity index (χ3v) is 5.25. The van der Waals surface area contributed by atoms with Crippen LogP contribution in [0.2, 0.25) is 0 Å². The van der Waals surface area contributed by atoms with Crippen LogP contribution in [0.5, 0.6) is 0 Å². The summed E-state index contributed by atoms with van der Waals surface area (Å²) in [5.74, 6) is 0. The number of hydrogen-bond donors (Lipinski definition) is 5. The summed E-state index contributed by atoms with van der Waals surface area (Å²) in [5, 5.41) is 23.7. The molecule has 0 aliphatic heterocycles. The summed E-state index contributed by atoms with van der Waals surface area (Å²) in [5.41, 5.74) is 10.2. The normalized spacial score (nSPS) is 11.3. The molecule has 0 unspecified atom stereocenters. The maximum Gasteiger partial charge on any atom is 0.488 e. The molecular weight excluding hydrogens is 449 g/mol. The Bertz CT molecular complexity index is 1140. The van der Waals surface area contributed by atoms with Gasteiger partial charge in [-0.25, -0.2) is 9.59 Å². The first kappa shape index (κ1) is 25.8. The van der Waals surface area contributed by atoms with Gasteiger partial charge in [0.15, 0.2) is 0 Å². The third-order valence-electron chi connectivity index (χ3n) is 5.25. The zero-order valence-electron chi connectivity index (χ0n) is 19.3. The number of nitrogens with one attached hydrogen (secondary N) is 2. The molecule has 35 heavy (non-hydrogen) atoms. The highest BCUT2D eigenvalue weighted by Gasteiger charge is 2.14. The molecule has 6 N–H and O–H groups in total. The van der Waals surface area contributed by atoms with Crippen molar-refractivity contribution in [2.24, 2.45) is 5.73 Å². The largest absolute Gasteiger partial charge is 0.488 e. The molecule has 0 aliphatic carbocycles. The number of alkyl carbamates (subject to hydrolysis) is 1. The Morgan fingerprint density at radius 3 is 2.46 bits per heavy atom. The smallest absolute Gasteiger partial charge is 0.449 e. The quantitative estimate of drug-likeness (QED) is 0.235. The molecule has 3 aromatic carbocycles. The fraction of sp³-hybridized carbons (Fsp3) is 0.200. The van der Waals surface area contributed by atoms with Gasteiger partial charge in [0.25, 0.3) is 0 Å². The van der Waals surface area contributed by atoms with Crippen LogP contribution in [-0.2, 0) is 22.5 Å². The van der Waals surface area contributed by atoms with Gasteiger partial charge in [-0.15, -0.1) is 0 Å². The maximum atomic E-state index is 12.2. The highest BCUT2D eigenvalue weighted by molar-refractivity contribution is 6.58.